The number of hydrogen-bond acceptors (Lipinski definition) is 6. The number of fused-ring (bicyclic) bond motifs is 1. The highest BCUT2D eigenvalue weighted by molar-refractivity contribution is 6.24. The number of carbonyl (C=O) groups excluding carboxylic acids is 4. The first-order chi connectivity index (χ1) is 16.5. The first-order valence-corrected chi connectivity index (χ1v) is 11.9. The summed E-state index contributed by atoms with van der Waals surface area (Å²) >= 11 is 0. The number of hydrogen-bond donors (Lipinski definition) is 3. The monoisotopic (exact) mass is 460 g/mol. The maximum absolute atomic E-state index is 13.2. The summed E-state index contributed by atoms with van der Waals surface area (Å²) in [6.45, 7) is 2.56. The molecule has 2 aromatic rings. The summed E-state index contributed by atoms with van der Waals surface area (Å²) in [7, 11) is 0. The molecular formula is C26H28N4O4. The summed E-state index contributed by atoms with van der Waals surface area (Å²) in [6.07, 6.45) is 3.75. The average Bonchev–Trinajstić information content (AvgIpc) is 3.10. The number of nitrogens with one attached hydrogen (secondary N) is 3. The zero-order valence-electron chi connectivity index (χ0n) is 18.9. The van der Waals surface area contributed by atoms with Gasteiger partial charge < -0.3 is 10.6 Å². The van der Waals surface area contributed by atoms with Crippen LogP contribution in [0.15, 0.2) is 42.5 Å². The molecule has 8 heteroatoms. The maximum atomic E-state index is 13.2. The van der Waals surface area contributed by atoms with Gasteiger partial charge in [0.2, 0.25) is 11.8 Å². The molecular weight excluding hydrogens is 432 g/mol. The second kappa shape index (κ2) is 9.38. The molecule has 176 valence electrons. The second-order valence-electron chi connectivity index (χ2n) is 9.23. The minimum atomic E-state index is -0.960. The second-order valence-corrected chi connectivity index (χ2v) is 9.23. The fraction of sp³-hybridized carbons (Fsp3) is 0.385. The van der Waals surface area contributed by atoms with Crippen LogP contribution < -0.4 is 16.0 Å². The third-order valence-corrected chi connectivity index (χ3v) is 6.97. The van der Waals surface area contributed by atoms with Crippen molar-refractivity contribution in [2.45, 2.75) is 44.7 Å². The van der Waals surface area contributed by atoms with Gasteiger partial charge >= 0.3 is 0 Å². The highest BCUT2D eigenvalue weighted by Crippen LogP contribution is 2.30. The van der Waals surface area contributed by atoms with Gasteiger partial charge in [-0.2, -0.15) is 0 Å². The zero-order valence-corrected chi connectivity index (χ0v) is 18.9. The molecule has 0 aliphatic carbocycles. The summed E-state index contributed by atoms with van der Waals surface area (Å²) in [4.78, 5) is 51.0. The van der Waals surface area contributed by atoms with Crippen LogP contribution in [0.1, 0.15) is 57.5 Å². The number of piperidine rings is 2. The zero-order chi connectivity index (χ0) is 23.7. The molecule has 3 aliphatic heterocycles. The number of nitrogens with zero attached hydrogens (tertiary/aromatic N) is 1. The highest BCUT2D eigenvalue weighted by Gasteiger charge is 2.45. The molecule has 3 heterocycles. The van der Waals surface area contributed by atoms with Crippen LogP contribution in [0.25, 0.3) is 0 Å². The van der Waals surface area contributed by atoms with Gasteiger partial charge in [0.1, 0.15) is 6.04 Å². The largest absolute Gasteiger partial charge is 0.381 e. The molecule has 0 radical (unpaired) electrons. The Kier molecular flexibility index (Phi) is 6.15. The molecule has 1 unspecified atom stereocenters. The number of rotatable bonds is 6. The van der Waals surface area contributed by atoms with Crippen molar-refractivity contribution in [1.82, 2.24) is 15.5 Å². The standard InChI is InChI=1S/C26H28N4O4/c31-22-9-8-21(24(32)29-22)30-25(33)20-3-1-2-18(23(20)26(30)34)15-28-19-6-4-16(5-7-19)14-17-10-12-27-13-11-17/h1-7,17,21,27-28H,8-15H2,(H,29,31,32). The summed E-state index contributed by atoms with van der Waals surface area (Å²) in [5, 5.41) is 8.98. The van der Waals surface area contributed by atoms with Gasteiger partial charge in [-0.3, -0.25) is 29.4 Å². The van der Waals surface area contributed by atoms with Crippen molar-refractivity contribution in [3.05, 3.63) is 64.7 Å². The van der Waals surface area contributed by atoms with E-state index in [4.69, 9.17) is 0 Å². The smallest absolute Gasteiger partial charge is 0.262 e. The maximum Gasteiger partial charge on any atom is 0.262 e. The van der Waals surface area contributed by atoms with Crippen LogP contribution in [-0.4, -0.2) is 47.7 Å². The lowest BCUT2D eigenvalue weighted by molar-refractivity contribution is -0.136. The van der Waals surface area contributed by atoms with Crippen molar-refractivity contribution in [3.8, 4) is 0 Å². The van der Waals surface area contributed by atoms with Crippen molar-refractivity contribution in [2.75, 3.05) is 18.4 Å². The molecule has 5 rings (SSSR count). The van der Waals surface area contributed by atoms with Crippen LogP contribution >= 0.6 is 0 Å². The summed E-state index contributed by atoms with van der Waals surface area (Å²) in [6, 6.07) is 12.6. The van der Waals surface area contributed by atoms with E-state index in [2.05, 4.69) is 28.1 Å². The predicted molar refractivity (Wildman–Crippen MR) is 126 cm³/mol. The molecule has 1 atom stereocenters. The van der Waals surface area contributed by atoms with Gasteiger partial charge in [0.25, 0.3) is 11.8 Å². The Morgan fingerprint density at radius 1 is 0.912 bits per heavy atom. The van der Waals surface area contributed by atoms with Crippen LogP contribution in [-0.2, 0) is 22.6 Å². The minimum absolute atomic E-state index is 0.103. The van der Waals surface area contributed by atoms with Gasteiger partial charge in [-0.1, -0.05) is 24.3 Å². The van der Waals surface area contributed by atoms with E-state index in [1.165, 1.54) is 18.4 Å². The van der Waals surface area contributed by atoms with E-state index >= 15 is 0 Å². The molecule has 0 spiro atoms. The Balaban J connectivity index is 1.27. The van der Waals surface area contributed by atoms with Crippen molar-refractivity contribution in [2.24, 2.45) is 5.92 Å². The molecule has 0 bridgehead atoms. The normalized spacial score (nSPS) is 20.9. The van der Waals surface area contributed by atoms with E-state index in [0.717, 1.165) is 36.0 Å². The van der Waals surface area contributed by atoms with Gasteiger partial charge in [0.15, 0.2) is 0 Å². The van der Waals surface area contributed by atoms with E-state index in [0.29, 0.717) is 23.2 Å². The molecule has 2 saturated heterocycles. The van der Waals surface area contributed by atoms with Gasteiger partial charge in [0, 0.05) is 18.7 Å². The Morgan fingerprint density at radius 2 is 1.68 bits per heavy atom. The van der Waals surface area contributed by atoms with E-state index in [1.807, 2.05) is 18.2 Å². The van der Waals surface area contributed by atoms with Crippen LogP contribution in [0, 0.1) is 5.92 Å². The molecule has 8 nitrogen and oxygen atoms in total. The molecule has 34 heavy (non-hydrogen) atoms. The van der Waals surface area contributed by atoms with Crippen molar-refractivity contribution < 1.29 is 19.2 Å². The average molecular weight is 461 g/mol. The van der Waals surface area contributed by atoms with Gasteiger partial charge in [-0.05, 0) is 74.0 Å². The Hall–Kier alpha value is -3.52. The van der Waals surface area contributed by atoms with Gasteiger partial charge in [0.05, 0.1) is 11.1 Å². The van der Waals surface area contributed by atoms with Crippen molar-refractivity contribution in [1.29, 1.82) is 0 Å². The molecule has 0 aromatic heterocycles. The molecule has 4 amide bonds. The lowest BCUT2D eigenvalue weighted by Crippen LogP contribution is -2.54. The van der Waals surface area contributed by atoms with E-state index in [9.17, 15) is 19.2 Å². The first-order valence-electron chi connectivity index (χ1n) is 11.9. The summed E-state index contributed by atoms with van der Waals surface area (Å²) in [5.41, 5.74) is 3.58. The summed E-state index contributed by atoms with van der Waals surface area (Å²) in [5.74, 6) is -1.23. The molecule has 3 aliphatic rings. The Morgan fingerprint density at radius 3 is 2.41 bits per heavy atom. The van der Waals surface area contributed by atoms with Crippen LogP contribution in [0.4, 0.5) is 5.69 Å². The lowest BCUT2D eigenvalue weighted by Gasteiger charge is -2.27. The number of amides is 4. The minimum Gasteiger partial charge on any atom is -0.381 e. The first kappa shape index (κ1) is 22.3. The van der Waals surface area contributed by atoms with Crippen LogP contribution in [0.5, 0.6) is 0 Å². The third-order valence-electron chi connectivity index (χ3n) is 6.97. The van der Waals surface area contributed by atoms with Gasteiger partial charge in [-0.25, -0.2) is 0 Å². The highest BCUT2D eigenvalue weighted by atomic mass is 16.2. The molecule has 2 aromatic carbocycles. The topological polar surface area (TPSA) is 108 Å². The number of benzene rings is 2. The van der Waals surface area contributed by atoms with E-state index < -0.39 is 23.8 Å². The fourth-order valence-corrected chi connectivity index (χ4v) is 5.11. The quantitative estimate of drug-likeness (QED) is 0.571. The predicted octanol–water partition coefficient (Wildman–Crippen LogP) is 2.24. The number of imide groups is 2. The Bertz CT molecular complexity index is 1140. The molecule has 0 saturated carbocycles. The SMILES string of the molecule is O=C1CCC(N2C(=O)c3cccc(CNc4ccc(CC5CCNCC5)cc4)c3C2=O)C(=O)N1. The van der Waals surface area contributed by atoms with Crippen molar-refractivity contribution in [3.63, 3.8) is 0 Å². The summed E-state index contributed by atoms with van der Waals surface area (Å²) < 4.78 is 0. The lowest BCUT2D eigenvalue weighted by atomic mass is 9.91. The number of anilines is 1. The van der Waals surface area contributed by atoms with Crippen LogP contribution in [0.2, 0.25) is 0 Å². The van der Waals surface area contributed by atoms with Crippen molar-refractivity contribution >= 4 is 29.3 Å². The molecule has 2 fully saturated rings. The molecule has 3 N–H and O–H groups in total. The fourth-order valence-electron chi connectivity index (χ4n) is 5.11. The Labute approximate surface area is 198 Å². The third kappa shape index (κ3) is 4.33. The van der Waals surface area contributed by atoms with Crippen LogP contribution in [0.3, 0.4) is 0 Å². The number of carbonyl (C=O) groups is 4. The van der Waals surface area contributed by atoms with Gasteiger partial charge in [-0.15, -0.1) is 0 Å². The van der Waals surface area contributed by atoms with E-state index in [-0.39, 0.29) is 18.7 Å². The van der Waals surface area contributed by atoms with E-state index in [1.54, 1.807) is 12.1 Å².